The standard InChI is InChI=1S/C17H20BrN3O2S/c1-20(17(22)13-3-2-4-14(18)9-13)10-15-12-24-16(19-15)11-21-5-7-23-8-6-21/h2-4,9,12H,5-8,10-11H2,1H3. The fourth-order valence-corrected chi connectivity index (χ4v) is 3.83. The van der Waals surface area contributed by atoms with Crippen molar-refractivity contribution in [3.63, 3.8) is 0 Å². The second-order valence-electron chi connectivity index (χ2n) is 5.79. The number of carbonyl (C=O) groups excluding carboxylic acids is 1. The van der Waals surface area contributed by atoms with Crippen molar-refractivity contribution in [2.75, 3.05) is 33.4 Å². The second-order valence-corrected chi connectivity index (χ2v) is 7.65. The third-order valence-electron chi connectivity index (χ3n) is 3.88. The van der Waals surface area contributed by atoms with Crippen molar-refractivity contribution < 1.29 is 9.53 Å². The summed E-state index contributed by atoms with van der Waals surface area (Å²) in [5, 5.41) is 3.13. The van der Waals surface area contributed by atoms with Gasteiger partial charge in [0.2, 0.25) is 0 Å². The Morgan fingerprint density at radius 1 is 1.42 bits per heavy atom. The van der Waals surface area contributed by atoms with Crippen LogP contribution in [0.15, 0.2) is 34.1 Å². The summed E-state index contributed by atoms with van der Waals surface area (Å²) in [5.74, 6) is -0.000899. The third-order valence-corrected chi connectivity index (χ3v) is 5.25. The number of carbonyl (C=O) groups is 1. The predicted molar refractivity (Wildman–Crippen MR) is 98.1 cm³/mol. The van der Waals surface area contributed by atoms with Crippen LogP contribution in [0.25, 0.3) is 0 Å². The van der Waals surface area contributed by atoms with Crippen molar-refractivity contribution in [3.05, 3.63) is 50.4 Å². The van der Waals surface area contributed by atoms with Crippen molar-refractivity contribution >= 4 is 33.2 Å². The highest BCUT2D eigenvalue weighted by Crippen LogP contribution is 2.17. The largest absolute Gasteiger partial charge is 0.379 e. The second kappa shape index (κ2) is 8.20. The molecule has 3 rings (SSSR count). The molecule has 0 radical (unpaired) electrons. The van der Waals surface area contributed by atoms with Gasteiger partial charge in [0.25, 0.3) is 5.91 Å². The number of hydrogen-bond acceptors (Lipinski definition) is 5. The zero-order chi connectivity index (χ0) is 16.9. The van der Waals surface area contributed by atoms with Gasteiger partial charge in [-0.2, -0.15) is 0 Å². The van der Waals surface area contributed by atoms with Crippen LogP contribution in [0.2, 0.25) is 0 Å². The number of nitrogens with zero attached hydrogens (tertiary/aromatic N) is 3. The first-order valence-corrected chi connectivity index (χ1v) is 9.53. The van der Waals surface area contributed by atoms with Crippen molar-refractivity contribution in [2.45, 2.75) is 13.1 Å². The summed E-state index contributed by atoms with van der Waals surface area (Å²) in [4.78, 5) is 21.2. The Balaban J connectivity index is 1.58. The molecule has 1 aromatic carbocycles. The molecule has 1 saturated heterocycles. The van der Waals surface area contributed by atoms with Crippen LogP contribution in [-0.2, 0) is 17.8 Å². The van der Waals surface area contributed by atoms with E-state index in [1.54, 1.807) is 16.2 Å². The van der Waals surface area contributed by atoms with E-state index in [9.17, 15) is 4.79 Å². The van der Waals surface area contributed by atoms with Crippen molar-refractivity contribution in [3.8, 4) is 0 Å². The lowest BCUT2D eigenvalue weighted by Gasteiger charge is -2.25. The van der Waals surface area contributed by atoms with Gasteiger partial charge in [-0.25, -0.2) is 4.98 Å². The topological polar surface area (TPSA) is 45.7 Å². The third kappa shape index (κ3) is 4.63. The fourth-order valence-electron chi connectivity index (χ4n) is 2.60. The van der Waals surface area contributed by atoms with Crippen LogP contribution in [0.3, 0.4) is 0 Å². The van der Waals surface area contributed by atoms with Crippen molar-refractivity contribution in [1.82, 2.24) is 14.8 Å². The van der Waals surface area contributed by atoms with Crippen LogP contribution in [0.4, 0.5) is 0 Å². The average molecular weight is 410 g/mol. The minimum absolute atomic E-state index is 0.000899. The van der Waals surface area contributed by atoms with Crippen LogP contribution in [0, 0.1) is 0 Å². The number of amides is 1. The van der Waals surface area contributed by atoms with E-state index in [4.69, 9.17) is 4.74 Å². The number of thiazole rings is 1. The Bertz CT molecular complexity index is 701. The van der Waals surface area contributed by atoms with Gasteiger partial charge in [-0.15, -0.1) is 11.3 Å². The lowest BCUT2D eigenvalue weighted by molar-refractivity contribution is 0.0341. The number of aromatic nitrogens is 1. The summed E-state index contributed by atoms with van der Waals surface area (Å²) < 4.78 is 6.27. The van der Waals surface area contributed by atoms with E-state index in [-0.39, 0.29) is 5.91 Å². The lowest BCUT2D eigenvalue weighted by Crippen LogP contribution is -2.35. The average Bonchev–Trinajstić information content (AvgIpc) is 3.02. The van der Waals surface area contributed by atoms with E-state index >= 15 is 0 Å². The molecule has 1 aliphatic rings. The van der Waals surface area contributed by atoms with Crippen LogP contribution >= 0.6 is 27.3 Å². The normalized spacial score (nSPS) is 15.4. The molecular formula is C17H20BrN3O2S. The van der Waals surface area contributed by atoms with Gasteiger partial charge < -0.3 is 9.64 Å². The molecule has 1 aliphatic heterocycles. The Morgan fingerprint density at radius 3 is 2.96 bits per heavy atom. The first-order valence-electron chi connectivity index (χ1n) is 7.86. The van der Waals surface area contributed by atoms with Gasteiger partial charge in [-0.3, -0.25) is 9.69 Å². The predicted octanol–water partition coefficient (Wildman–Crippen LogP) is 3.01. The molecule has 7 heteroatoms. The van der Waals surface area contributed by atoms with E-state index in [1.165, 1.54) is 0 Å². The van der Waals surface area contributed by atoms with E-state index < -0.39 is 0 Å². The first kappa shape index (κ1) is 17.5. The molecule has 2 aromatic rings. The van der Waals surface area contributed by atoms with Gasteiger partial charge in [-0.05, 0) is 18.2 Å². The molecule has 1 amide bonds. The monoisotopic (exact) mass is 409 g/mol. The Hall–Kier alpha value is -1.28. The fraction of sp³-hybridized carbons (Fsp3) is 0.412. The summed E-state index contributed by atoms with van der Waals surface area (Å²) in [6.07, 6.45) is 0. The maximum Gasteiger partial charge on any atom is 0.253 e. The molecule has 0 bridgehead atoms. The van der Waals surface area contributed by atoms with Gasteiger partial charge in [-0.1, -0.05) is 22.0 Å². The van der Waals surface area contributed by atoms with Crippen LogP contribution < -0.4 is 0 Å². The SMILES string of the molecule is CN(Cc1csc(CN2CCOCC2)n1)C(=O)c1cccc(Br)c1. The van der Waals surface area contributed by atoms with Crippen LogP contribution in [-0.4, -0.2) is 54.0 Å². The van der Waals surface area contributed by atoms with Crippen molar-refractivity contribution in [1.29, 1.82) is 0 Å². The van der Waals surface area contributed by atoms with Gasteiger partial charge >= 0.3 is 0 Å². The highest BCUT2D eigenvalue weighted by atomic mass is 79.9. The molecule has 1 fully saturated rings. The van der Waals surface area contributed by atoms with E-state index in [0.29, 0.717) is 12.1 Å². The molecule has 0 N–H and O–H groups in total. The molecule has 1 aromatic heterocycles. The quantitative estimate of drug-likeness (QED) is 0.761. The minimum atomic E-state index is -0.000899. The summed E-state index contributed by atoms with van der Waals surface area (Å²) in [6, 6.07) is 7.45. The Morgan fingerprint density at radius 2 is 2.21 bits per heavy atom. The number of rotatable bonds is 5. The Labute approximate surface area is 154 Å². The lowest BCUT2D eigenvalue weighted by atomic mass is 10.2. The molecule has 0 aliphatic carbocycles. The maximum absolute atomic E-state index is 12.5. The van der Waals surface area contributed by atoms with E-state index in [2.05, 4.69) is 25.8 Å². The van der Waals surface area contributed by atoms with Gasteiger partial charge in [0.15, 0.2) is 0 Å². The molecular weight excluding hydrogens is 390 g/mol. The summed E-state index contributed by atoms with van der Waals surface area (Å²) in [7, 11) is 1.81. The Kier molecular flexibility index (Phi) is 5.99. The van der Waals surface area contributed by atoms with Gasteiger partial charge in [0.1, 0.15) is 5.01 Å². The molecule has 0 spiro atoms. The highest BCUT2D eigenvalue weighted by Gasteiger charge is 2.16. The van der Waals surface area contributed by atoms with Crippen LogP contribution in [0.5, 0.6) is 0 Å². The minimum Gasteiger partial charge on any atom is -0.379 e. The molecule has 0 unspecified atom stereocenters. The molecule has 0 atom stereocenters. The van der Waals surface area contributed by atoms with E-state index in [1.807, 2.05) is 36.7 Å². The first-order chi connectivity index (χ1) is 11.6. The van der Waals surface area contributed by atoms with Gasteiger partial charge in [0, 0.05) is 35.6 Å². The number of ether oxygens (including phenoxy) is 1. The maximum atomic E-state index is 12.5. The molecule has 24 heavy (non-hydrogen) atoms. The number of morpholine rings is 1. The number of hydrogen-bond donors (Lipinski definition) is 0. The molecule has 128 valence electrons. The summed E-state index contributed by atoms with van der Waals surface area (Å²) >= 11 is 5.06. The molecule has 0 saturated carbocycles. The summed E-state index contributed by atoms with van der Waals surface area (Å²) in [5.41, 5.74) is 1.62. The molecule has 2 heterocycles. The smallest absolute Gasteiger partial charge is 0.253 e. The van der Waals surface area contributed by atoms with Crippen LogP contribution in [0.1, 0.15) is 21.1 Å². The molecule has 5 nitrogen and oxygen atoms in total. The van der Waals surface area contributed by atoms with E-state index in [0.717, 1.165) is 48.0 Å². The zero-order valence-electron chi connectivity index (χ0n) is 13.6. The number of benzene rings is 1. The zero-order valence-corrected chi connectivity index (χ0v) is 16.0. The van der Waals surface area contributed by atoms with Gasteiger partial charge in [0.05, 0.1) is 32.0 Å². The number of halogens is 1. The highest BCUT2D eigenvalue weighted by molar-refractivity contribution is 9.10. The summed E-state index contributed by atoms with van der Waals surface area (Å²) in [6.45, 7) is 4.87. The van der Waals surface area contributed by atoms with Crippen molar-refractivity contribution in [2.24, 2.45) is 0 Å².